The third kappa shape index (κ3) is 2.77. The van der Waals surface area contributed by atoms with Gasteiger partial charge in [0.1, 0.15) is 6.20 Å². The highest BCUT2D eigenvalue weighted by molar-refractivity contribution is 7.98. The molecule has 0 aliphatic heterocycles. The summed E-state index contributed by atoms with van der Waals surface area (Å²) in [7, 11) is 1.53. The molecule has 20 heavy (non-hydrogen) atoms. The van der Waals surface area contributed by atoms with Crippen LogP contribution in [0.3, 0.4) is 0 Å². The first-order chi connectivity index (χ1) is 9.50. The van der Waals surface area contributed by atoms with Crippen molar-refractivity contribution < 1.29 is 9.85 Å². The molecule has 1 heterocycles. The normalized spacial score (nSPS) is 10.4. The van der Waals surface area contributed by atoms with Crippen LogP contribution in [0.1, 0.15) is 5.56 Å². The minimum atomic E-state index is -0.526. The fourth-order valence-corrected chi connectivity index (χ4v) is 2.58. The topological polar surface area (TPSA) is 104 Å². The fourth-order valence-electron chi connectivity index (χ4n) is 1.64. The van der Waals surface area contributed by atoms with E-state index in [9.17, 15) is 20.2 Å². The molecule has 0 unspecified atom stereocenters. The molecule has 0 radical (unpaired) electrons. The Balaban J connectivity index is 2.17. The predicted molar refractivity (Wildman–Crippen MR) is 72.5 cm³/mol. The van der Waals surface area contributed by atoms with Crippen LogP contribution in [0.15, 0.2) is 35.6 Å². The van der Waals surface area contributed by atoms with Crippen molar-refractivity contribution in [2.45, 2.75) is 10.9 Å². The SMILES string of the molecule is Cn1c([N+](=O)[O-])cnc1SCc1ccccc1[N+](=O)[O-]. The van der Waals surface area contributed by atoms with Gasteiger partial charge in [-0.1, -0.05) is 30.0 Å². The van der Waals surface area contributed by atoms with Crippen molar-refractivity contribution in [3.05, 3.63) is 56.3 Å². The van der Waals surface area contributed by atoms with Crippen LogP contribution in [0.4, 0.5) is 11.5 Å². The second-order valence-corrected chi connectivity index (χ2v) is 4.83. The molecule has 8 nitrogen and oxygen atoms in total. The summed E-state index contributed by atoms with van der Waals surface area (Å²) in [6.45, 7) is 0. The van der Waals surface area contributed by atoms with Crippen LogP contribution in [0.5, 0.6) is 0 Å². The third-order valence-electron chi connectivity index (χ3n) is 2.65. The van der Waals surface area contributed by atoms with Crippen molar-refractivity contribution >= 4 is 23.3 Å². The van der Waals surface area contributed by atoms with Crippen LogP contribution >= 0.6 is 11.8 Å². The lowest BCUT2D eigenvalue weighted by Gasteiger charge is -2.01. The number of para-hydroxylation sites is 1. The molecule has 0 spiro atoms. The first-order valence-electron chi connectivity index (χ1n) is 5.52. The van der Waals surface area contributed by atoms with Crippen LogP contribution < -0.4 is 0 Å². The Hall–Kier alpha value is -2.42. The van der Waals surface area contributed by atoms with Gasteiger partial charge in [0.2, 0.25) is 0 Å². The summed E-state index contributed by atoms with van der Waals surface area (Å²) in [6.07, 6.45) is 1.17. The molecule has 0 aliphatic carbocycles. The molecule has 0 saturated heterocycles. The van der Waals surface area contributed by atoms with Crippen molar-refractivity contribution in [3.63, 3.8) is 0 Å². The average molecular weight is 294 g/mol. The Kier molecular flexibility index (Phi) is 3.99. The van der Waals surface area contributed by atoms with Gasteiger partial charge in [0.25, 0.3) is 10.8 Å². The highest BCUT2D eigenvalue weighted by Crippen LogP contribution is 2.28. The van der Waals surface area contributed by atoms with Crippen LogP contribution in [0.2, 0.25) is 0 Å². The molecule has 0 amide bonds. The van der Waals surface area contributed by atoms with Gasteiger partial charge in [-0.05, 0) is 4.92 Å². The van der Waals surface area contributed by atoms with Crippen LogP contribution in [0, 0.1) is 20.2 Å². The lowest BCUT2D eigenvalue weighted by Crippen LogP contribution is -1.99. The summed E-state index contributed by atoms with van der Waals surface area (Å²) in [5.41, 5.74) is 0.580. The molecule has 0 atom stereocenters. The molecule has 1 aromatic carbocycles. The van der Waals surface area contributed by atoms with Gasteiger partial charge in [0.15, 0.2) is 0 Å². The summed E-state index contributed by atoms with van der Waals surface area (Å²) in [4.78, 5) is 24.5. The molecule has 0 N–H and O–H groups in total. The number of imidazole rings is 1. The van der Waals surface area contributed by atoms with Gasteiger partial charge >= 0.3 is 5.82 Å². The number of thioether (sulfide) groups is 1. The second-order valence-electron chi connectivity index (χ2n) is 3.89. The van der Waals surface area contributed by atoms with E-state index in [4.69, 9.17) is 0 Å². The lowest BCUT2D eigenvalue weighted by atomic mass is 10.2. The summed E-state index contributed by atoms with van der Waals surface area (Å²) < 4.78 is 1.35. The molecule has 2 aromatic rings. The minimum Gasteiger partial charge on any atom is -0.358 e. The maximum absolute atomic E-state index is 10.9. The molecule has 0 fully saturated rings. The van der Waals surface area contributed by atoms with Gasteiger partial charge in [-0.2, -0.15) is 0 Å². The number of aromatic nitrogens is 2. The van der Waals surface area contributed by atoms with Gasteiger partial charge < -0.3 is 10.1 Å². The molecule has 1 aromatic heterocycles. The van der Waals surface area contributed by atoms with Crippen LogP contribution in [-0.2, 0) is 12.8 Å². The summed E-state index contributed by atoms with van der Waals surface area (Å²) in [5, 5.41) is 22.0. The smallest absolute Gasteiger partial charge is 0.343 e. The van der Waals surface area contributed by atoms with Crippen molar-refractivity contribution in [2.24, 2.45) is 7.05 Å². The van der Waals surface area contributed by atoms with E-state index in [0.717, 1.165) is 0 Å². The van der Waals surface area contributed by atoms with E-state index in [1.165, 1.54) is 35.6 Å². The molecular weight excluding hydrogens is 284 g/mol. The Bertz CT molecular complexity index is 670. The Labute approximate surface area is 117 Å². The number of nitro benzene ring substituents is 1. The molecule has 0 bridgehead atoms. The van der Waals surface area contributed by atoms with Gasteiger partial charge in [-0.25, -0.2) is 9.55 Å². The van der Waals surface area contributed by atoms with E-state index in [-0.39, 0.29) is 11.5 Å². The Morgan fingerprint density at radius 1 is 1.25 bits per heavy atom. The lowest BCUT2D eigenvalue weighted by molar-refractivity contribution is -0.392. The maximum Gasteiger partial charge on any atom is 0.343 e. The number of hydrogen-bond donors (Lipinski definition) is 0. The number of hydrogen-bond acceptors (Lipinski definition) is 6. The van der Waals surface area contributed by atoms with Gasteiger partial charge in [0.05, 0.1) is 12.0 Å². The maximum atomic E-state index is 10.9. The fraction of sp³-hybridized carbons (Fsp3) is 0.182. The average Bonchev–Trinajstić information content (AvgIpc) is 2.78. The minimum absolute atomic E-state index is 0.0312. The highest BCUT2D eigenvalue weighted by atomic mass is 32.2. The zero-order chi connectivity index (χ0) is 14.7. The van der Waals surface area contributed by atoms with Gasteiger partial charge in [0, 0.05) is 17.4 Å². The molecule has 2 rings (SSSR count). The molecule has 104 valence electrons. The van der Waals surface area contributed by atoms with E-state index in [1.54, 1.807) is 18.2 Å². The number of nitrogens with zero attached hydrogens (tertiary/aromatic N) is 4. The number of nitro groups is 2. The molecule has 0 aliphatic rings. The highest BCUT2D eigenvalue weighted by Gasteiger charge is 2.19. The third-order valence-corrected chi connectivity index (χ3v) is 3.75. The molecular formula is C11H10N4O4S. The molecule has 9 heteroatoms. The second kappa shape index (κ2) is 5.70. The largest absolute Gasteiger partial charge is 0.358 e. The zero-order valence-corrected chi connectivity index (χ0v) is 11.2. The van der Waals surface area contributed by atoms with Crippen molar-refractivity contribution in [1.29, 1.82) is 0 Å². The van der Waals surface area contributed by atoms with Crippen LogP contribution in [-0.4, -0.2) is 19.4 Å². The van der Waals surface area contributed by atoms with E-state index < -0.39 is 9.85 Å². The van der Waals surface area contributed by atoms with Gasteiger partial charge in [-0.3, -0.25) is 10.1 Å². The predicted octanol–water partition coefficient (Wildman–Crippen LogP) is 2.53. The molecule has 0 saturated carbocycles. The van der Waals surface area contributed by atoms with Crippen molar-refractivity contribution in [1.82, 2.24) is 9.55 Å². The number of rotatable bonds is 5. The monoisotopic (exact) mass is 294 g/mol. The van der Waals surface area contributed by atoms with Gasteiger partial charge in [-0.15, -0.1) is 0 Å². The van der Waals surface area contributed by atoms with E-state index in [2.05, 4.69) is 4.98 Å². The zero-order valence-electron chi connectivity index (χ0n) is 10.4. The summed E-state index contributed by atoms with van der Waals surface area (Å²) >= 11 is 1.21. The van der Waals surface area contributed by atoms with Crippen LogP contribution in [0.25, 0.3) is 0 Å². The van der Waals surface area contributed by atoms with Crippen molar-refractivity contribution in [3.8, 4) is 0 Å². The standard InChI is InChI=1S/C11H10N4O4S/c1-13-10(15(18)19)6-12-11(13)20-7-8-4-2-3-5-9(8)14(16)17/h2-6H,7H2,1H3. The van der Waals surface area contributed by atoms with E-state index in [1.807, 2.05) is 0 Å². The van der Waals surface area contributed by atoms with Crippen molar-refractivity contribution in [2.75, 3.05) is 0 Å². The summed E-state index contributed by atoms with van der Waals surface area (Å²) in [6, 6.07) is 6.39. The number of benzene rings is 1. The first kappa shape index (κ1) is 14.0. The Morgan fingerprint density at radius 3 is 2.55 bits per heavy atom. The van der Waals surface area contributed by atoms with E-state index >= 15 is 0 Å². The van der Waals surface area contributed by atoms with E-state index in [0.29, 0.717) is 16.5 Å². The quantitative estimate of drug-likeness (QED) is 0.476. The first-order valence-corrected chi connectivity index (χ1v) is 6.50. The Morgan fingerprint density at radius 2 is 1.95 bits per heavy atom. The summed E-state index contributed by atoms with van der Waals surface area (Å²) in [5.74, 6) is 0.203.